The number of nitrogens with zero attached hydrogens (tertiary/aromatic N) is 4. The van der Waals surface area contributed by atoms with Gasteiger partial charge >= 0.3 is 0 Å². The van der Waals surface area contributed by atoms with E-state index in [4.69, 9.17) is 4.98 Å². The van der Waals surface area contributed by atoms with Gasteiger partial charge in [-0.05, 0) is 45.4 Å². The van der Waals surface area contributed by atoms with Crippen LogP contribution >= 0.6 is 0 Å². The van der Waals surface area contributed by atoms with Gasteiger partial charge in [0, 0.05) is 18.4 Å². The number of aromatic nitrogens is 4. The summed E-state index contributed by atoms with van der Waals surface area (Å²) in [6.45, 7) is 6.02. The molecule has 1 N–H and O–H groups in total. The summed E-state index contributed by atoms with van der Waals surface area (Å²) in [7, 11) is 0. The van der Waals surface area contributed by atoms with E-state index >= 15 is 0 Å². The van der Waals surface area contributed by atoms with E-state index in [1.807, 2.05) is 29.9 Å². The molecule has 1 fully saturated rings. The van der Waals surface area contributed by atoms with Crippen molar-refractivity contribution in [3.8, 4) is 11.4 Å². The van der Waals surface area contributed by atoms with Gasteiger partial charge in [0.2, 0.25) is 0 Å². The van der Waals surface area contributed by atoms with Gasteiger partial charge in [-0.25, -0.2) is 9.97 Å². The summed E-state index contributed by atoms with van der Waals surface area (Å²) in [5.41, 5.74) is 3.04. The van der Waals surface area contributed by atoms with Crippen molar-refractivity contribution in [2.24, 2.45) is 0 Å². The lowest BCUT2D eigenvalue weighted by Crippen LogP contribution is -2.17. The first-order valence-electron chi connectivity index (χ1n) is 6.89. The van der Waals surface area contributed by atoms with Gasteiger partial charge in [-0.15, -0.1) is 0 Å². The van der Waals surface area contributed by atoms with Crippen LogP contribution in [0.1, 0.15) is 37.3 Å². The van der Waals surface area contributed by atoms with E-state index in [0.717, 1.165) is 42.4 Å². The van der Waals surface area contributed by atoms with Gasteiger partial charge in [0.05, 0.1) is 17.4 Å². The van der Waals surface area contributed by atoms with Gasteiger partial charge in [-0.3, -0.25) is 4.68 Å². The molecule has 1 unspecified atom stereocenters. The Morgan fingerprint density at radius 2 is 2.32 bits per heavy atom. The molecule has 1 aliphatic heterocycles. The minimum absolute atomic E-state index is 0.302. The highest BCUT2D eigenvalue weighted by atomic mass is 15.3. The summed E-state index contributed by atoms with van der Waals surface area (Å²) < 4.78 is 1.97. The van der Waals surface area contributed by atoms with Crippen molar-refractivity contribution in [2.75, 3.05) is 6.54 Å². The summed E-state index contributed by atoms with van der Waals surface area (Å²) >= 11 is 0. The molecule has 0 aliphatic carbocycles. The topological polar surface area (TPSA) is 55.6 Å². The zero-order valence-electron chi connectivity index (χ0n) is 11.4. The van der Waals surface area contributed by atoms with Crippen LogP contribution in [0.4, 0.5) is 0 Å². The molecule has 3 heterocycles. The first-order chi connectivity index (χ1) is 9.28. The Kier molecular flexibility index (Phi) is 3.29. The molecule has 0 radical (unpaired) electrons. The average molecular weight is 257 g/mol. The Balaban J connectivity index is 2.02. The molecule has 5 heteroatoms. The molecule has 1 aliphatic rings. The van der Waals surface area contributed by atoms with Crippen LogP contribution in [-0.4, -0.2) is 26.3 Å². The molecule has 0 bridgehead atoms. The van der Waals surface area contributed by atoms with E-state index in [2.05, 4.69) is 22.3 Å². The summed E-state index contributed by atoms with van der Waals surface area (Å²) in [4.78, 5) is 9.31. The molecule has 2 aromatic heterocycles. The van der Waals surface area contributed by atoms with E-state index < -0.39 is 0 Å². The van der Waals surface area contributed by atoms with E-state index in [9.17, 15) is 0 Å². The molecule has 1 saturated heterocycles. The van der Waals surface area contributed by atoms with Gasteiger partial charge in [-0.1, -0.05) is 0 Å². The van der Waals surface area contributed by atoms with Crippen LogP contribution in [0.15, 0.2) is 18.3 Å². The first kappa shape index (κ1) is 12.3. The number of hydrogen-bond acceptors (Lipinski definition) is 4. The molecular weight excluding hydrogens is 238 g/mol. The monoisotopic (exact) mass is 257 g/mol. The quantitative estimate of drug-likeness (QED) is 0.914. The molecule has 0 saturated carbocycles. The third-order valence-corrected chi connectivity index (χ3v) is 3.52. The van der Waals surface area contributed by atoms with Gasteiger partial charge in [0.1, 0.15) is 5.82 Å². The Morgan fingerprint density at radius 1 is 1.42 bits per heavy atom. The fourth-order valence-electron chi connectivity index (χ4n) is 2.59. The summed E-state index contributed by atoms with van der Waals surface area (Å²) in [6.07, 6.45) is 4.14. The Hall–Kier alpha value is -1.75. The summed E-state index contributed by atoms with van der Waals surface area (Å²) in [6, 6.07) is 4.34. The third-order valence-electron chi connectivity index (χ3n) is 3.52. The number of rotatable bonds is 3. The van der Waals surface area contributed by atoms with Crippen LogP contribution in [0.3, 0.4) is 0 Å². The van der Waals surface area contributed by atoms with Crippen LogP contribution in [-0.2, 0) is 6.54 Å². The predicted octanol–water partition coefficient (Wildman–Crippen LogP) is 2.09. The molecule has 2 aromatic rings. The van der Waals surface area contributed by atoms with Crippen LogP contribution in [0.2, 0.25) is 0 Å². The van der Waals surface area contributed by atoms with Crippen molar-refractivity contribution in [1.82, 2.24) is 25.1 Å². The van der Waals surface area contributed by atoms with Crippen molar-refractivity contribution in [1.29, 1.82) is 0 Å². The van der Waals surface area contributed by atoms with Crippen molar-refractivity contribution in [3.63, 3.8) is 0 Å². The molecule has 0 amide bonds. The van der Waals surface area contributed by atoms with Crippen molar-refractivity contribution in [3.05, 3.63) is 29.8 Å². The lowest BCUT2D eigenvalue weighted by molar-refractivity contribution is 0.601. The Labute approximate surface area is 113 Å². The second-order valence-electron chi connectivity index (χ2n) is 4.93. The smallest absolute Gasteiger partial charge is 0.146 e. The molecular formula is C14H19N5. The molecule has 1 atom stereocenters. The summed E-state index contributed by atoms with van der Waals surface area (Å²) in [5, 5.41) is 7.76. The normalized spacial score (nSPS) is 18.9. The van der Waals surface area contributed by atoms with E-state index in [1.54, 1.807) is 0 Å². The minimum Gasteiger partial charge on any atom is -0.307 e. The average Bonchev–Trinajstić information content (AvgIpc) is 3.09. The number of nitrogens with one attached hydrogen (secondary N) is 1. The van der Waals surface area contributed by atoms with E-state index in [0.29, 0.717) is 6.04 Å². The molecule has 5 nitrogen and oxygen atoms in total. The predicted molar refractivity (Wildman–Crippen MR) is 73.6 cm³/mol. The largest absolute Gasteiger partial charge is 0.307 e. The first-order valence-corrected chi connectivity index (χ1v) is 6.89. The van der Waals surface area contributed by atoms with Crippen LogP contribution in [0.5, 0.6) is 0 Å². The highest BCUT2D eigenvalue weighted by Crippen LogP contribution is 2.23. The van der Waals surface area contributed by atoms with Crippen molar-refractivity contribution < 1.29 is 0 Å². The molecule has 100 valence electrons. The highest BCUT2D eigenvalue weighted by Gasteiger charge is 2.20. The molecule has 3 rings (SSSR count). The summed E-state index contributed by atoms with van der Waals surface area (Å²) in [5.74, 6) is 0.913. The minimum atomic E-state index is 0.302. The van der Waals surface area contributed by atoms with Crippen LogP contribution in [0.25, 0.3) is 11.4 Å². The number of hydrogen-bond donors (Lipinski definition) is 1. The van der Waals surface area contributed by atoms with Crippen LogP contribution < -0.4 is 5.32 Å². The lowest BCUT2D eigenvalue weighted by Gasteiger charge is -2.12. The second-order valence-corrected chi connectivity index (χ2v) is 4.93. The van der Waals surface area contributed by atoms with Gasteiger partial charge in [0.15, 0.2) is 0 Å². The fourth-order valence-corrected chi connectivity index (χ4v) is 2.59. The maximum absolute atomic E-state index is 4.73. The van der Waals surface area contributed by atoms with Crippen molar-refractivity contribution >= 4 is 0 Å². The maximum atomic E-state index is 4.73. The zero-order valence-corrected chi connectivity index (χ0v) is 11.4. The Morgan fingerprint density at radius 3 is 3.05 bits per heavy atom. The van der Waals surface area contributed by atoms with Crippen molar-refractivity contribution in [2.45, 2.75) is 39.3 Å². The second kappa shape index (κ2) is 5.09. The SMILES string of the molecule is CCn1nccc1-c1cc(C)nc(C2CCCN2)n1. The standard InChI is InChI=1S/C14H19N5/c1-3-19-13(6-8-16-19)12-9-10(2)17-14(18-12)11-5-4-7-15-11/h6,8-9,11,15H,3-5,7H2,1-2H3. The van der Waals surface area contributed by atoms with E-state index in [1.165, 1.54) is 6.42 Å². The fraction of sp³-hybridized carbons (Fsp3) is 0.500. The molecule has 0 spiro atoms. The van der Waals surface area contributed by atoms with E-state index in [-0.39, 0.29) is 0 Å². The molecule has 19 heavy (non-hydrogen) atoms. The van der Waals surface area contributed by atoms with Gasteiger partial charge in [-0.2, -0.15) is 5.10 Å². The zero-order chi connectivity index (χ0) is 13.2. The third kappa shape index (κ3) is 2.38. The lowest BCUT2D eigenvalue weighted by atomic mass is 10.2. The van der Waals surface area contributed by atoms with Gasteiger partial charge in [0.25, 0.3) is 0 Å². The molecule has 0 aromatic carbocycles. The van der Waals surface area contributed by atoms with Crippen LogP contribution in [0, 0.1) is 6.92 Å². The Bertz CT molecular complexity index is 569. The van der Waals surface area contributed by atoms with Gasteiger partial charge < -0.3 is 5.32 Å². The highest BCUT2D eigenvalue weighted by molar-refractivity contribution is 5.54. The number of aryl methyl sites for hydroxylation is 2. The maximum Gasteiger partial charge on any atom is 0.146 e.